The molecule has 1 aliphatic heterocycles. The quantitative estimate of drug-likeness (QED) is 0.431. The number of aliphatic imine (C=N–C) groups is 1. The zero-order valence-electron chi connectivity index (χ0n) is 6.67. The van der Waals surface area contributed by atoms with Gasteiger partial charge in [-0.3, -0.25) is 4.99 Å². The minimum absolute atomic E-state index is 0.516. The van der Waals surface area contributed by atoms with E-state index in [9.17, 15) is 0 Å². The first-order valence-corrected chi connectivity index (χ1v) is 3.69. The Balaban J connectivity index is 2.23. The van der Waals surface area contributed by atoms with Gasteiger partial charge in [0, 0.05) is 20.6 Å². The van der Waals surface area contributed by atoms with Crippen molar-refractivity contribution in [1.29, 1.82) is 0 Å². The minimum Gasteiger partial charge on any atom is -0.369 e. The number of nitrogens with one attached hydrogen (secondary N) is 1. The summed E-state index contributed by atoms with van der Waals surface area (Å²) in [5, 5.41) is 3.26. The van der Waals surface area contributed by atoms with E-state index >= 15 is 0 Å². The second kappa shape index (κ2) is 3.56. The third-order valence-corrected chi connectivity index (χ3v) is 1.54. The van der Waals surface area contributed by atoms with Gasteiger partial charge in [-0.25, -0.2) is 0 Å². The monoisotopic (exact) mass is 141 g/mol. The van der Waals surface area contributed by atoms with Gasteiger partial charge < -0.3 is 10.2 Å². The Bertz CT molecular complexity index is 114. The van der Waals surface area contributed by atoms with E-state index in [4.69, 9.17) is 0 Å². The van der Waals surface area contributed by atoms with E-state index in [0.717, 1.165) is 13.1 Å². The van der Waals surface area contributed by atoms with Crippen molar-refractivity contribution in [3.8, 4) is 0 Å². The van der Waals surface area contributed by atoms with Crippen LogP contribution in [0.3, 0.4) is 0 Å². The highest BCUT2D eigenvalue weighted by molar-refractivity contribution is 5.54. The fourth-order valence-corrected chi connectivity index (χ4v) is 0.994. The largest absolute Gasteiger partial charge is 0.369 e. The molecule has 1 saturated heterocycles. The highest BCUT2D eigenvalue weighted by Gasteiger charge is 2.11. The average Bonchev–Trinajstić information content (AvgIpc) is 2.34. The Hall–Kier alpha value is -0.570. The number of hydrogen-bond acceptors (Lipinski definition) is 2. The maximum atomic E-state index is 4.36. The van der Waals surface area contributed by atoms with Gasteiger partial charge in [-0.15, -0.1) is 0 Å². The molecule has 1 fully saturated rings. The summed E-state index contributed by atoms with van der Waals surface area (Å²) in [6.45, 7) is 2.17. The van der Waals surface area contributed by atoms with E-state index in [2.05, 4.69) is 10.3 Å². The van der Waals surface area contributed by atoms with Crippen molar-refractivity contribution in [3.05, 3.63) is 0 Å². The topological polar surface area (TPSA) is 27.6 Å². The fraction of sp³-hybridized carbons (Fsp3) is 0.857. The molecule has 0 radical (unpaired) electrons. The third-order valence-electron chi connectivity index (χ3n) is 1.54. The molecule has 1 N–H and O–H groups in total. The lowest BCUT2D eigenvalue weighted by Crippen LogP contribution is -2.14. The maximum absolute atomic E-state index is 4.36. The molecule has 1 unspecified atom stereocenters. The van der Waals surface area contributed by atoms with E-state index in [1.807, 2.05) is 25.3 Å². The molecule has 3 heteroatoms. The van der Waals surface area contributed by atoms with Gasteiger partial charge in [0.1, 0.15) is 0 Å². The smallest absolute Gasteiger partial charge is 0.0848 e. The summed E-state index contributed by atoms with van der Waals surface area (Å²) in [7, 11) is 3.98. The molecule has 0 amide bonds. The van der Waals surface area contributed by atoms with Gasteiger partial charge in [-0.1, -0.05) is 0 Å². The lowest BCUT2D eigenvalue weighted by atomic mass is 10.3. The normalized spacial score (nSPS) is 26.0. The Morgan fingerprint density at radius 2 is 2.40 bits per heavy atom. The Kier molecular flexibility index (Phi) is 2.68. The van der Waals surface area contributed by atoms with Crippen molar-refractivity contribution in [3.63, 3.8) is 0 Å². The molecule has 0 spiro atoms. The summed E-state index contributed by atoms with van der Waals surface area (Å²) in [4.78, 5) is 6.33. The van der Waals surface area contributed by atoms with Crippen LogP contribution in [0, 0.1) is 0 Å². The molecule has 1 aliphatic rings. The van der Waals surface area contributed by atoms with Crippen LogP contribution in [0.2, 0.25) is 0 Å². The molecule has 0 aliphatic carbocycles. The summed E-state index contributed by atoms with van der Waals surface area (Å²) in [5.74, 6) is 0. The molecule has 1 rings (SSSR count). The summed E-state index contributed by atoms with van der Waals surface area (Å²) in [6.07, 6.45) is 3.07. The predicted octanol–water partition coefficient (Wildman–Crippen LogP) is -0.0618. The van der Waals surface area contributed by atoms with Crippen molar-refractivity contribution >= 4 is 6.34 Å². The standard InChI is InChI=1S/C7H15N3/c1-10(2)6-9-7-3-4-8-5-7/h6-8H,3-5H2,1-2H3/b9-6+. The van der Waals surface area contributed by atoms with Gasteiger partial charge >= 0.3 is 0 Å². The molecule has 0 bridgehead atoms. The summed E-state index contributed by atoms with van der Waals surface area (Å²) < 4.78 is 0. The van der Waals surface area contributed by atoms with Gasteiger partial charge in [0.05, 0.1) is 12.4 Å². The average molecular weight is 141 g/mol. The fourth-order valence-electron chi connectivity index (χ4n) is 0.994. The number of nitrogens with zero attached hydrogens (tertiary/aromatic N) is 2. The highest BCUT2D eigenvalue weighted by Crippen LogP contribution is 2.00. The zero-order chi connectivity index (χ0) is 7.40. The van der Waals surface area contributed by atoms with E-state index in [1.165, 1.54) is 6.42 Å². The second-order valence-electron chi connectivity index (χ2n) is 2.87. The molecular weight excluding hydrogens is 126 g/mol. The molecule has 0 aromatic heterocycles. The van der Waals surface area contributed by atoms with Crippen LogP contribution in [-0.2, 0) is 0 Å². The first kappa shape index (κ1) is 7.54. The first-order valence-electron chi connectivity index (χ1n) is 3.69. The highest BCUT2D eigenvalue weighted by atomic mass is 15.1. The van der Waals surface area contributed by atoms with Crippen molar-refractivity contribution in [1.82, 2.24) is 10.2 Å². The Morgan fingerprint density at radius 1 is 1.60 bits per heavy atom. The molecule has 1 atom stereocenters. The van der Waals surface area contributed by atoms with E-state index in [1.54, 1.807) is 0 Å². The van der Waals surface area contributed by atoms with Crippen molar-refractivity contribution in [2.45, 2.75) is 12.5 Å². The molecule has 1 heterocycles. The van der Waals surface area contributed by atoms with E-state index < -0.39 is 0 Å². The molecule has 10 heavy (non-hydrogen) atoms. The van der Waals surface area contributed by atoms with Gasteiger partial charge in [-0.2, -0.15) is 0 Å². The molecule has 3 nitrogen and oxygen atoms in total. The zero-order valence-corrected chi connectivity index (χ0v) is 6.67. The van der Waals surface area contributed by atoms with Gasteiger partial charge in [0.15, 0.2) is 0 Å². The molecule has 0 aromatic carbocycles. The van der Waals surface area contributed by atoms with Gasteiger partial charge in [0.2, 0.25) is 0 Å². The van der Waals surface area contributed by atoms with Crippen LogP contribution < -0.4 is 5.32 Å². The summed E-state index contributed by atoms with van der Waals surface area (Å²) in [5.41, 5.74) is 0. The van der Waals surface area contributed by atoms with Crippen LogP contribution in [0.25, 0.3) is 0 Å². The van der Waals surface area contributed by atoms with Crippen LogP contribution >= 0.6 is 0 Å². The Labute approximate surface area is 62.1 Å². The third kappa shape index (κ3) is 2.35. The SMILES string of the molecule is CN(C)/C=N/C1CCNC1. The Morgan fingerprint density at radius 3 is 2.90 bits per heavy atom. The lowest BCUT2D eigenvalue weighted by Gasteiger charge is -2.05. The molecular formula is C7H15N3. The molecule has 0 aromatic rings. The predicted molar refractivity (Wildman–Crippen MR) is 43.5 cm³/mol. The van der Waals surface area contributed by atoms with Crippen molar-refractivity contribution in [2.24, 2.45) is 4.99 Å². The van der Waals surface area contributed by atoms with Gasteiger partial charge in [-0.05, 0) is 13.0 Å². The van der Waals surface area contributed by atoms with E-state index in [-0.39, 0.29) is 0 Å². The van der Waals surface area contributed by atoms with Gasteiger partial charge in [0.25, 0.3) is 0 Å². The van der Waals surface area contributed by atoms with Crippen LogP contribution in [-0.4, -0.2) is 44.5 Å². The molecule has 0 saturated carbocycles. The minimum atomic E-state index is 0.516. The van der Waals surface area contributed by atoms with Crippen molar-refractivity contribution < 1.29 is 0 Å². The lowest BCUT2D eigenvalue weighted by molar-refractivity contribution is 0.625. The van der Waals surface area contributed by atoms with Crippen LogP contribution in [0.5, 0.6) is 0 Å². The maximum Gasteiger partial charge on any atom is 0.0848 e. The number of hydrogen-bond donors (Lipinski definition) is 1. The molecule has 58 valence electrons. The summed E-state index contributed by atoms with van der Waals surface area (Å²) in [6, 6.07) is 0.516. The van der Waals surface area contributed by atoms with Crippen LogP contribution in [0.1, 0.15) is 6.42 Å². The van der Waals surface area contributed by atoms with Crippen molar-refractivity contribution in [2.75, 3.05) is 27.2 Å². The second-order valence-corrected chi connectivity index (χ2v) is 2.87. The van der Waals surface area contributed by atoms with E-state index in [0.29, 0.717) is 6.04 Å². The first-order chi connectivity index (χ1) is 4.79. The summed E-state index contributed by atoms with van der Waals surface area (Å²) >= 11 is 0. The van der Waals surface area contributed by atoms with Crippen LogP contribution in [0.4, 0.5) is 0 Å². The van der Waals surface area contributed by atoms with Crippen LogP contribution in [0.15, 0.2) is 4.99 Å². The number of rotatable bonds is 2.